The molecule has 3 unspecified atom stereocenters. The molecule has 0 aromatic carbocycles. The van der Waals surface area contributed by atoms with Gasteiger partial charge in [0, 0.05) is 0 Å². The molecule has 0 heterocycles. The zero-order chi connectivity index (χ0) is 9.90. The number of rotatable bonds is 4. The van der Waals surface area contributed by atoms with Crippen LogP contribution < -0.4 is 0 Å². The van der Waals surface area contributed by atoms with Crippen LogP contribution in [-0.2, 0) is 0 Å². The van der Waals surface area contributed by atoms with E-state index in [0.717, 1.165) is 11.8 Å². The van der Waals surface area contributed by atoms with Crippen LogP contribution in [0.15, 0.2) is 0 Å². The molecule has 1 fully saturated rings. The van der Waals surface area contributed by atoms with Crippen molar-refractivity contribution in [3.63, 3.8) is 0 Å². The van der Waals surface area contributed by atoms with Crippen LogP contribution in [0.5, 0.6) is 0 Å². The molecule has 1 aliphatic rings. The molecule has 1 saturated carbocycles. The second kappa shape index (κ2) is 4.48. The van der Waals surface area contributed by atoms with E-state index in [1.165, 1.54) is 38.5 Å². The summed E-state index contributed by atoms with van der Waals surface area (Å²) in [4.78, 5) is 0. The first-order valence-corrected chi connectivity index (χ1v) is 6.11. The lowest BCUT2D eigenvalue weighted by molar-refractivity contribution is 0.286. The highest BCUT2D eigenvalue weighted by molar-refractivity contribution is 4.89. The van der Waals surface area contributed by atoms with Crippen molar-refractivity contribution in [1.82, 2.24) is 0 Å². The van der Waals surface area contributed by atoms with E-state index in [-0.39, 0.29) is 0 Å². The van der Waals surface area contributed by atoms with Gasteiger partial charge in [0.1, 0.15) is 0 Å². The van der Waals surface area contributed by atoms with Crippen LogP contribution in [0.2, 0.25) is 0 Å². The molecule has 0 heteroatoms. The Kier molecular flexibility index (Phi) is 3.82. The molecule has 3 atom stereocenters. The molecule has 0 amide bonds. The molecule has 0 N–H and O–H groups in total. The van der Waals surface area contributed by atoms with Gasteiger partial charge in [-0.25, -0.2) is 0 Å². The molecule has 0 aliphatic heterocycles. The molecule has 78 valence electrons. The normalized spacial score (nSPS) is 39.7. The minimum atomic E-state index is 0.688. The van der Waals surface area contributed by atoms with Crippen molar-refractivity contribution in [3.05, 3.63) is 0 Å². The fourth-order valence-corrected chi connectivity index (χ4v) is 3.43. The summed E-state index contributed by atoms with van der Waals surface area (Å²) in [6.45, 7) is 9.61. The molecule has 0 radical (unpaired) electrons. The Labute approximate surface area is 84.1 Å². The van der Waals surface area contributed by atoms with E-state index in [1.807, 2.05) is 0 Å². The molecule has 0 aromatic heterocycles. The van der Waals surface area contributed by atoms with Gasteiger partial charge in [0.05, 0.1) is 0 Å². The lowest BCUT2D eigenvalue weighted by Gasteiger charge is -2.23. The van der Waals surface area contributed by atoms with E-state index < -0.39 is 0 Å². The first-order chi connectivity index (χ1) is 6.11. The van der Waals surface area contributed by atoms with Gasteiger partial charge in [-0.2, -0.15) is 0 Å². The van der Waals surface area contributed by atoms with Crippen molar-refractivity contribution >= 4 is 0 Å². The first kappa shape index (κ1) is 11.1. The van der Waals surface area contributed by atoms with E-state index in [1.54, 1.807) is 0 Å². The zero-order valence-corrected chi connectivity index (χ0v) is 9.90. The highest BCUT2D eigenvalue weighted by atomic mass is 14.4. The van der Waals surface area contributed by atoms with Crippen molar-refractivity contribution in [2.75, 3.05) is 0 Å². The van der Waals surface area contributed by atoms with Crippen molar-refractivity contribution in [2.45, 2.75) is 66.2 Å². The Morgan fingerprint density at radius 1 is 1.15 bits per heavy atom. The quantitative estimate of drug-likeness (QED) is 0.594. The van der Waals surface area contributed by atoms with Gasteiger partial charge in [-0.15, -0.1) is 0 Å². The van der Waals surface area contributed by atoms with Gasteiger partial charge in [0.15, 0.2) is 0 Å². The number of hydrogen-bond donors (Lipinski definition) is 0. The Morgan fingerprint density at radius 3 is 2.38 bits per heavy atom. The minimum Gasteiger partial charge on any atom is -0.0654 e. The summed E-state index contributed by atoms with van der Waals surface area (Å²) in [5.41, 5.74) is 0.688. The molecule has 1 aliphatic carbocycles. The Bertz CT molecular complexity index is 150. The summed E-state index contributed by atoms with van der Waals surface area (Å²) in [5, 5.41) is 0. The highest BCUT2D eigenvalue weighted by Crippen LogP contribution is 2.49. The van der Waals surface area contributed by atoms with E-state index in [0.29, 0.717) is 5.41 Å². The van der Waals surface area contributed by atoms with Crippen LogP contribution in [0.3, 0.4) is 0 Å². The van der Waals surface area contributed by atoms with Gasteiger partial charge in [-0.3, -0.25) is 0 Å². The van der Waals surface area contributed by atoms with Crippen LogP contribution in [0, 0.1) is 17.3 Å². The van der Waals surface area contributed by atoms with Gasteiger partial charge in [-0.05, 0) is 36.5 Å². The van der Waals surface area contributed by atoms with E-state index >= 15 is 0 Å². The van der Waals surface area contributed by atoms with Crippen LogP contribution >= 0.6 is 0 Å². The number of hydrogen-bond acceptors (Lipinski definition) is 0. The standard InChI is InChI=1S/C13H26/c1-5-7-12-10-13(4,8-6-2)9-11(12)3/h11-12H,5-10H2,1-4H3. The van der Waals surface area contributed by atoms with Crippen molar-refractivity contribution in [3.8, 4) is 0 Å². The predicted octanol–water partition coefficient (Wildman–Crippen LogP) is 4.64. The van der Waals surface area contributed by atoms with Gasteiger partial charge in [0.2, 0.25) is 0 Å². The monoisotopic (exact) mass is 182 g/mol. The molecule has 0 saturated heterocycles. The van der Waals surface area contributed by atoms with Gasteiger partial charge < -0.3 is 0 Å². The Balaban J connectivity index is 2.47. The van der Waals surface area contributed by atoms with E-state index in [2.05, 4.69) is 27.7 Å². The van der Waals surface area contributed by atoms with Crippen LogP contribution in [0.1, 0.15) is 66.2 Å². The maximum Gasteiger partial charge on any atom is -0.0321 e. The third-order valence-electron chi connectivity index (χ3n) is 3.89. The van der Waals surface area contributed by atoms with Gasteiger partial charge >= 0.3 is 0 Å². The average molecular weight is 182 g/mol. The topological polar surface area (TPSA) is 0 Å². The second-order valence-corrected chi connectivity index (χ2v) is 5.49. The molecule has 0 bridgehead atoms. The van der Waals surface area contributed by atoms with E-state index in [4.69, 9.17) is 0 Å². The van der Waals surface area contributed by atoms with Crippen molar-refractivity contribution < 1.29 is 0 Å². The largest absolute Gasteiger partial charge is 0.0654 e. The molecular formula is C13H26. The molecule has 1 rings (SSSR count). The first-order valence-electron chi connectivity index (χ1n) is 6.11. The molecule has 0 aromatic rings. The molecule has 0 spiro atoms. The minimum absolute atomic E-state index is 0.688. The van der Waals surface area contributed by atoms with Crippen LogP contribution in [0.4, 0.5) is 0 Å². The third kappa shape index (κ3) is 2.72. The van der Waals surface area contributed by atoms with Gasteiger partial charge in [0.25, 0.3) is 0 Å². The fourth-order valence-electron chi connectivity index (χ4n) is 3.43. The Morgan fingerprint density at radius 2 is 1.85 bits per heavy atom. The van der Waals surface area contributed by atoms with E-state index in [9.17, 15) is 0 Å². The SMILES string of the molecule is CCCC1CC(C)(CCC)CC1C. The second-order valence-electron chi connectivity index (χ2n) is 5.49. The summed E-state index contributed by atoms with van der Waals surface area (Å²) in [5.74, 6) is 2.01. The summed E-state index contributed by atoms with van der Waals surface area (Å²) >= 11 is 0. The van der Waals surface area contributed by atoms with Crippen molar-refractivity contribution in [2.24, 2.45) is 17.3 Å². The smallest absolute Gasteiger partial charge is 0.0321 e. The maximum absolute atomic E-state index is 2.50. The van der Waals surface area contributed by atoms with Crippen molar-refractivity contribution in [1.29, 1.82) is 0 Å². The molecule has 13 heavy (non-hydrogen) atoms. The summed E-state index contributed by atoms with van der Waals surface area (Å²) in [7, 11) is 0. The highest BCUT2D eigenvalue weighted by Gasteiger charge is 2.38. The van der Waals surface area contributed by atoms with Crippen LogP contribution in [0.25, 0.3) is 0 Å². The van der Waals surface area contributed by atoms with Crippen LogP contribution in [-0.4, -0.2) is 0 Å². The molecule has 0 nitrogen and oxygen atoms in total. The third-order valence-corrected chi connectivity index (χ3v) is 3.89. The molecular weight excluding hydrogens is 156 g/mol. The van der Waals surface area contributed by atoms with Gasteiger partial charge in [-0.1, -0.05) is 47.0 Å². The summed E-state index contributed by atoms with van der Waals surface area (Å²) < 4.78 is 0. The zero-order valence-electron chi connectivity index (χ0n) is 9.90. The summed E-state index contributed by atoms with van der Waals surface area (Å²) in [6.07, 6.45) is 8.61. The average Bonchev–Trinajstić information content (AvgIpc) is 2.28. The fraction of sp³-hybridized carbons (Fsp3) is 1.00. The Hall–Kier alpha value is 0. The lowest BCUT2D eigenvalue weighted by atomic mass is 9.83. The maximum atomic E-state index is 2.50. The summed E-state index contributed by atoms with van der Waals surface area (Å²) in [6, 6.07) is 0. The predicted molar refractivity (Wildman–Crippen MR) is 59.8 cm³/mol. The lowest BCUT2D eigenvalue weighted by Crippen LogP contribution is -2.11.